The van der Waals surface area contributed by atoms with Crippen molar-refractivity contribution in [2.75, 3.05) is 32.8 Å². The van der Waals surface area contributed by atoms with Gasteiger partial charge >= 0.3 is 12.2 Å². The molecule has 8 nitrogen and oxygen atoms in total. The highest BCUT2D eigenvalue weighted by Crippen LogP contribution is 2.58. The van der Waals surface area contributed by atoms with Crippen molar-refractivity contribution in [1.29, 1.82) is 0 Å². The third kappa shape index (κ3) is 1.77. The van der Waals surface area contributed by atoms with Crippen molar-refractivity contribution in [3.05, 3.63) is 23.8 Å². The van der Waals surface area contributed by atoms with Gasteiger partial charge < -0.3 is 19.3 Å². The van der Waals surface area contributed by atoms with Crippen molar-refractivity contribution in [1.82, 2.24) is 4.90 Å². The summed E-state index contributed by atoms with van der Waals surface area (Å²) in [7, 11) is 4.02. The van der Waals surface area contributed by atoms with Gasteiger partial charge in [0.25, 0.3) is 0 Å². The maximum absolute atomic E-state index is 12.5. The first-order valence-electron chi connectivity index (χ1n) is 7.49. The highest BCUT2D eigenvalue weighted by Gasteiger charge is 2.69. The fourth-order valence-electron chi connectivity index (χ4n) is 3.80. The smallest absolute Gasteiger partial charge is 0.416 e. The van der Waals surface area contributed by atoms with E-state index in [1.54, 1.807) is 25.1 Å². The number of hydrogen-bond acceptors (Lipinski definition) is 6. The molecule has 0 saturated carbocycles. The molecule has 0 radical (unpaired) electrons. The number of likely N-dealkylation sites (tertiary alicyclic amines) is 1. The fraction of sp³-hybridized carbons (Fsp3) is 0.500. The Morgan fingerprint density at radius 2 is 1.83 bits per heavy atom. The standard InChI is InChI=1S/C16H20N2O6/c1-15-16(21,7-8-17(15)13(19)23-3)11-6-5-10(22-2)9-12(11)18(15)14(20)24-4/h5-6,9,21H,7-8H2,1-4H3/t15-,16-/m0/s1. The average molecular weight is 336 g/mol. The van der Waals surface area contributed by atoms with Crippen LogP contribution in [0, 0.1) is 0 Å². The van der Waals surface area contributed by atoms with Crippen LogP contribution in [0.25, 0.3) is 0 Å². The lowest BCUT2D eigenvalue weighted by Crippen LogP contribution is -2.64. The van der Waals surface area contributed by atoms with Crippen molar-refractivity contribution >= 4 is 17.9 Å². The van der Waals surface area contributed by atoms with E-state index in [0.29, 0.717) is 17.0 Å². The summed E-state index contributed by atoms with van der Waals surface area (Å²) in [6, 6.07) is 5.05. The van der Waals surface area contributed by atoms with Crippen molar-refractivity contribution < 1.29 is 28.9 Å². The SMILES string of the molecule is COC(=O)N1CC[C@]2(O)c3ccc(OC)cc3N(C(=O)OC)[C@]12C. The molecule has 1 saturated heterocycles. The number of fused-ring (bicyclic) bond motifs is 3. The highest BCUT2D eigenvalue weighted by molar-refractivity contribution is 5.95. The van der Waals surface area contributed by atoms with Crippen LogP contribution >= 0.6 is 0 Å². The fourth-order valence-corrected chi connectivity index (χ4v) is 3.80. The van der Waals surface area contributed by atoms with Gasteiger partial charge in [0, 0.05) is 24.6 Å². The van der Waals surface area contributed by atoms with Crippen molar-refractivity contribution in [3.63, 3.8) is 0 Å². The lowest BCUT2D eigenvalue weighted by atomic mass is 9.85. The van der Waals surface area contributed by atoms with Crippen molar-refractivity contribution in [2.24, 2.45) is 0 Å². The van der Waals surface area contributed by atoms with Gasteiger partial charge in [0.15, 0.2) is 5.66 Å². The van der Waals surface area contributed by atoms with E-state index >= 15 is 0 Å². The number of carbonyl (C=O) groups is 2. The van der Waals surface area contributed by atoms with Crippen LogP contribution in [-0.4, -0.2) is 55.7 Å². The molecule has 2 atom stereocenters. The Morgan fingerprint density at radius 3 is 2.42 bits per heavy atom. The van der Waals surface area contributed by atoms with E-state index < -0.39 is 23.5 Å². The number of aliphatic hydroxyl groups is 1. The summed E-state index contributed by atoms with van der Waals surface area (Å²) in [5, 5.41) is 11.4. The summed E-state index contributed by atoms with van der Waals surface area (Å²) in [5.41, 5.74) is -1.80. The molecule has 24 heavy (non-hydrogen) atoms. The molecule has 2 amide bonds. The topological polar surface area (TPSA) is 88.5 Å². The van der Waals surface area contributed by atoms with Gasteiger partial charge in [0.1, 0.15) is 11.4 Å². The molecule has 2 aliphatic rings. The Balaban J connectivity index is 2.24. The molecule has 3 rings (SSSR count). The molecule has 0 spiro atoms. The lowest BCUT2D eigenvalue weighted by Gasteiger charge is -2.43. The molecule has 1 N–H and O–H groups in total. The summed E-state index contributed by atoms with van der Waals surface area (Å²) >= 11 is 0. The van der Waals surface area contributed by atoms with E-state index in [-0.39, 0.29) is 13.0 Å². The van der Waals surface area contributed by atoms with Gasteiger partial charge in [-0.1, -0.05) is 6.07 Å². The Morgan fingerprint density at radius 1 is 1.17 bits per heavy atom. The predicted molar refractivity (Wildman–Crippen MR) is 83.9 cm³/mol. The average Bonchev–Trinajstić information content (AvgIpc) is 2.96. The molecular weight excluding hydrogens is 316 g/mol. The minimum Gasteiger partial charge on any atom is -0.497 e. The van der Waals surface area contributed by atoms with E-state index in [1.165, 1.54) is 31.1 Å². The lowest BCUT2D eigenvalue weighted by molar-refractivity contribution is -0.0426. The van der Waals surface area contributed by atoms with Gasteiger partial charge in [-0.15, -0.1) is 0 Å². The molecule has 0 aliphatic carbocycles. The van der Waals surface area contributed by atoms with E-state index in [9.17, 15) is 14.7 Å². The van der Waals surface area contributed by atoms with Crippen LogP contribution in [0.1, 0.15) is 18.9 Å². The second kappa shape index (κ2) is 5.27. The van der Waals surface area contributed by atoms with Crippen LogP contribution in [-0.2, 0) is 15.1 Å². The van der Waals surface area contributed by atoms with Crippen LogP contribution in [0.3, 0.4) is 0 Å². The Labute approximate surface area is 139 Å². The largest absolute Gasteiger partial charge is 0.497 e. The normalized spacial score (nSPS) is 27.5. The van der Waals surface area contributed by atoms with Crippen molar-refractivity contribution in [2.45, 2.75) is 24.6 Å². The Kier molecular flexibility index (Phi) is 3.60. The van der Waals surface area contributed by atoms with Gasteiger partial charge in [-0.05, 0) is 13.0 Å². The zero-order valence-electron chi connectivity index (χ0n) is 14.0. The summed E-state index contributed by atoms with van der Waals surface area (Å²) in [6.45, 7) is 1.87. The number of hydrogen-bond donors (Lipinski definition) is 1. The Bertz CT molecular complexity index is 708. The van der Waals surface area contributed by atoms with E-state index in [4.69, 9.17) is 14.2 Å². The molecular formula is C16H20N2O6. The summed E-state index contributed by atoms with van der Waals surface area (Å²) in [6.07, 6.45) is -1.04. The van der Waals surface area contributed by atoms with Crippen LogP contribution in [0.5, 0.6) is 5.75 Å². The molecule has 1 aromatic carbocycles. The number of rotatable bonds is 1. The molecule has 0 aromatic heterocycles. The van der Waals surface area contributed by atoms with Gasteiger partial charge in [0.05, 0.1) is 27.0 Å². The van der Waals surface area contributed by atoms with E-state index in [1.807, 2.05) is 0 Å². The predicted octanol–water partition coefficient (Wildman–Crippen LogP) is 1.66. The number of nitrogens with zero attached hydrogens (tertiary/aromatic N) is 2. The molecule has 1 aromatic rings. The van der Waals surface area contributed by atoms with E-state index in [0.717, 1.165) is 0 Å². The number of anilines is 1. The zero-order valence-corrected chi connectivity index (χ0v) is 14.0. The summed E-state index contributed by atoms with van der Waals surface area (Å²) in [4.78, 5) is 27.4. The minimum absolute atomic E-state index is 0.249. The third-order valence-corrected chi connectivity index (χ3v) is 5.09. The number of benzene rings is 1. The summed E-state index contributed by atoms with van der Waals surface area (Å²) < 4.78 is 15.0. The third-order valence-electron chi connectivity index (χ3n) is 5.09. The van der Waals surface area contributed by atoms with Crippen LogP contribution in [0.2, 0.25) is 0 Å². The van der Waals surface area contributed by atoms with Gasteiger partial charge in [-0.3, -0.25) is 9.80 Å². The molecule has 8 heteroatoms. The molecule has 2 aliphatic heterocycles. The molecule has 130 valence electrons. The van der Waals surface area contributed by atoms with Crippen LogP contribution in [0.4, 0.5) is 15.3 Å². The van der Waals surface area contributed by atoms with E-state index in [2.05, 4.69) is 0 Å². The first-order valence-corrected chi connectivity index (χ1v) is 7.49. The number of carbonyl (C=O) groups excluding carboxylic acids is 2. The zero-order chi connectivity index (χ0) is 17.7. The quantitative estimate of drug-likeness (QED) is 0.839. The second-order valence-corrected chi connectivity index (χ2v) is 5.94. The molecule has 1 fully saturated rings. The minimum atomic E-state index is -1.43. The maximum Gasteiger partial charge on any atom is 0.416 e. The first-order chi connectivity index (χ1) is 11.3. The summed E-state index contributed by atoms with van der Waals surface area (Å²) in [5.74, 6) is 0.527. The number of methoxy groups -OCH3 is 3. The monoisotopic (exact) mass is 336 g/mol. The highest BCUT2D eigenvalue weighted by atomic mass is 16.6. The number of amides is 2. The number of ether oxygens (including phenoxy) is 3. The van der Waals surface area contributed by atoms with Crippen molar-refractivity contribution in [3.8, 4) is 5.75 Å². The second-order valence-electron chi connectivity index (χ2n) is 5.94. The Hall–Kier alpha value is -2.48. The van der Waals surface area contributed by atoms with Gasteiger partial charge in [-0.25, -0.2) is 9.59 Å². The van der Waals surface area contributed by atoms with Gasteiger partial charge in [0.2, 0.25) is 0 Å². The molecule has 0 bridgehead atoms. The molecule has 2 heterocycles. The van der Waals surface area contributed by atoms with Crippen LogP contribution < -0.4 is 9.64 Å². The first kappa shape index (κ1) is 16.4. The van der Waals surface area contributed by atoms with Gasteiger partial charge in [-0.2, -0.15) is 0 Å². The maximum atomic E-state index is 12.5. The van der Waals surface area contributed by atoms with Crippen LogP contribution in [0.15, 0.2) is 18.2 Å². The molecule has 0 unspecified atom stereocenters.